The van der Waals surface area contributed by atoms with Gasteiger partial charge in [-0.25, -0.2) is 4.98 Å². The first kappa shape index (κ1) is 21.6. The number of anilines is 1. The normalized spacial score (nSPS) is 15.1. The summed E-state index contributed by atoms with van der Waals surface area (Å²) in [6.07, 6.45) is 0.362. The summed E-state index contributed by atoms with van der Waals surface area (Å²) in [5.41, 5.74) is 6.22. The molecule has 2 aromatic heterocycles. The number of carbonyl (C=O) groups excluding carboxylic acids is 1. The Morgan fingerprint density at radius 3 is 2.71 bits per heavy atom. The average Bonchev–Trinajstić information content (AvgIpc) is 3.44. The smallest absolute Gasteiger partial charge is 0.226 e. The Morgan fingerprint density at radius 2 is 1.89 bits per heavy atom. The number of para-hydroxylation sites is 1. The third-order valence-corrected chi connectivity index (χ3v) is 7.36. The van der Waals surface area contributed by atoms with Gasteiger partial charge in [0, 0.05) is 17.9 Å². The summed E-state index contributed by atoms with van der Waals surface area (Å²) in [5.74, 6) is 1.35. The number of ether oxygens (including phenoxy) is 1. The fraction of sp³-hybridized carbons (Fsp3) is 0.179. The van der Waals surface area contributed by atoms with E-state index in [9.17, 15) is 4.79 Å². The van der Waals surface area contributed by atoms with E-state index in [1.54, 1.807) is 16.0 Å². The van der Waals surface area contributed by atoms with Crippen molar-refractivity contribution in [3.8, 4) is 10.9 Å². The molecular weight excluding hydrogens is 456 g/mol. The molecule has 0 fully saturated rings. The predicted molar refractivity (Wildman–Crippen MR) is 139 cm³/mol. The first-order valence-electron chi connectivity index (χ1n) is 11.6. The molecule has 174 valence electrons. The second kappa shape index (κ2) is 8.67. The molecular formula is C28H24N4O2S. The van der Waals surface area contributed by atoms with E-state index in [1.165, 1.54) is 5.56 Å². The fourth-order valence-corrected chi connectivity index (χ4v) is 5.52. The molecule has 0 radical (unpaired) electrons. The molecule has 3 heterocycles. The van der Waals surface area contributed by atoms with E-state index in [0.29, 0.717) is 18.8 Å². The number of hydrogen-bond donors (Lipinski definition) is 1. The number of rotatable bonds is 5. The van der Waals surface area contributed by atoms with E-state index >= 15 is 0 Å². The van der Waals surface area contributed by atoms with Crippen molar-refractivity contribution in [2.24, 2.45) is 0 Å². The number of thiazole rings is 1. The number of carbonyl (C=O) groups is 1. The van der Waals surface area contributed by atoms with Gasteiger partial charge in [0.1, 0.15) is 18.2 Å². The van der Waals surface area contributed by atoms with Gasteiger partial charge >= 0.3 is 0 Å². The highest BCUT2D eigenvalue weighted by molar-refractivity contribution is 7.20. The van der Waals surface area contributed by atoms with E-state index in [1.807, 2.05) is 49.4 Å². The quantitative estimate of drug-likeness (QED) is 0.327. The van der Waals surface area contributed by atoms with Crippen LogP contribution in [0.5, 0.6) is 5.75 Å². The molecule has 0 saturated heterocycles. The summed E-state index contributed by atoms with van der Waals surface area (Å²) in [5, 5.41) is 8.59. The van der Waals surface area contributed by atoms with Crippen LogP contribution >= 0.6 is 11.3 Å². The summed E-state index contributed by atoms with van der Waals surface area (Å²) in [7, 11) is 0. The van der Waals surface area contributed by atoms with E-state index in [4.69, 9.17) is 14.8 Å². The molecule has 1 aliphatic rings. The van der Waals surface area contributed by atoms with Crippen molar-refractivity contribution in [2.45, 2.75) is 32.8 Å². The number of amides is 1. The Labute approximate surface area is 207 Å². The maximum atomic E-state index is 12.8. The van der Waals surface area contributed by atoms with Gasteiger partial charge in [-0.1, -0.05) is 65.4 Å². The van der Waals surface area contributed by atoms with Crippen LogP contribution < -0.4 is 10.1 Å². The highest BCUT2D eigenvalue weighted by Crippen LogP contribution is 2.41. The maximum Gasteiger partial charge on any atom is 0.226 e. The topological polar surface area (TPSA) is 69.0 Å². The molecule has 0 bridgehead atoms. The zero-order chi connectivity index (χ0) is 23.9. The number of aryl methyl sites for hydroxylation is 2. The highest BCUT2D eigenvalue weighted by atomic mass is 32.1. The number of hydrogen-bond acceptors (Lipinski definition) is 5. The molecule has 6 nitrogen and oxygen atoms in total. The molecule has 5 aromatic rings. The van der Waals surface area contributed by atoms with Crippen molar-refractivity contribution < 1.29 is 9.53 Å². The van der Waals surface area contributed by atoms with Gasteiger partial charge in [0.15, 0.2) is 0 Å². The van der Waals surface area contributed by atoms with Crippen LogP contribution in [0.2, 0.25) is 0 Å². The predicted octanol–water partition coefficient (Wildman–Crippen LogP) is 6.15. The molecule has 0 spiro atoms. The molecule has 1 N–H and O–H groups in total. The van der Waals surface area contributed by atoms with Crippen molar-refractivity contribution in [3.05, 3.63) is 101 Å². The van der Waals surface area contributed by atoms with Gasteiger partial charge in [0.2, 0.25) is 11.0 Å². The van der Waals surface area contributed by atoms with Crippen molar-refractivity contribution in [3.63, 3.8) is 0 Å². The van der Waals surface area contributed by atoms with Crippen LogP contribution in [0, 0.1) is 13.8 Å². The van der Waals surface area contributed by atoms with Crippen LogP contribution in [-0.4, -0.2) is 20.7 Å². The number of benzene rings is 3. The minimum atomic E-state index is -0.107. The third kappa shape index (κ3) is 4.08. The van der Waals surface area contributed by atoms with E-state index in [-0.39, 0.29) is 11.8 Å². The number of fused-ring (bicyclic) bond motifs is 2. The fourth-order valence-electron chi connectivity index (χ4n) is 4.59. The number of aromatic nitrogens is 3. The number of nitrogens with zero attached hydrogens (tertiary/aromatic N) is 3. The standard InChI is InChI=1S/C28H24N4O2S/c1-17-10-12-19(13-11-17)16-34-21-7-5-6-20(14-21)22-15-25(33)30-27-26(22)18(2)31-32(27)28-29-23-8-3-4-9-24(23)35-28/h3-14,22H,15-16H2,1-2H3,(H,30,33)/t22-/m1/s1. The molecule has 0 unspecified atom stereocenters. The Kier molecular flexibility index (Phi) is 5.34. The molecule has 7 heteroatoms. The molecule has 1 amide bonds. The molecule has 3 aromatic carbocycles. The van der Waals surface area contributed by atoms with Crippen LogP contribution in [0.25, 0.3) is 15.3 Å². The molecule has 0 saturated carbocycles. The minimum Gasteiger partial charge on any atom is -0.489 e. The first-order valence-corrected chi connectivity index (χ1v) is 12.4. The lowest BCUT2D eigenvalue weighted by Gasteiger charge is -2.24. The third-order valence-electron chi connectivity index (χ3n) is 6.35. The zero-order valence-corrected chi connectivity index (χ0v) is 20.3. The molecule has 1 atom stereocenters. The summed E-state index contributed by atoms with van der Waals surface area (Å²) >= 11 is 1.56. The van der Waals surface area contributed by atoms with Crippen molar-refractivity contribution in [2.75, 3.05) is 5.32 Å². The number of nitrogens with one attached hydrogen (secondary N) is 1. The highest BCUT2D eigenvalue weighted by Gasteiger charge is 2.33. The Morgan fingerprint density at radius 1 is 1.06 bits per heavy atom. The SMILES string of the molecule is Cc1ccc(COc2cccc([C@H]3CC(=O)Nc4c3c(C)nn4-c3nc4ccccc4s3)c2)cc1. The lowest BCUT2D eigenvalue weighted by Crippen LogP contribution is -2.25. The van der Waals surface area contributed by atoms with Crippen molar-refractivity contribution >= 4 is 33.3 Å². The second-order valence-electron chi connectivity index (χ2n) is 8.88. The zero-order valence-electron chi connectivity index (χ0n) is 19.5. The van der Waals surface area contributed by atoms with Crippen molar-refractivity contribution in [1.82, 2.24) is 14.8 Å². The van der Waals surface area contributed by atoms with Crippen LogP contribution in [-0.2, 0) is 11.4 Å². The molecule has 6 rings (SSSR count). The summed E-state index contributed by atoms with van der Waals surface area (Å²) in [4.78, 5) is 17.5. The average molecular weight is 481 g/mol. The van der Waals surface area contributed by atoms with Gasteiger partial charge in [0.05, 0.1) is 15.9 Å². The van der Waals surface area contributed by atoms with Gasteiger partial charge in [-0.05, 0) is 49.2 Å². The van der Waals surface area contributed by atoms with E-state index in [0.717, 1.165) is 43.5 Å². The van der Waals surface area contributed by atoms with Gasteiger partial charge in [0.25, 0.3) is 0 Å². The lowest BCUT2D eigenvalue weighted by molar-refractivity contribution is -0.116. The molecule has 0 aliphatic carbocycles. The van der Waals surface area contributed by atoms with Gasteiger partial charge in [-0.3, -0.25) is 4.79 Å². The molecule has 1 aliphatic heterocycles. The Bertz CT molecular complexity index is 1520. The molecule has 35 heavy (non-hydrogen) atoms. The van der Waals surface area contributed by atoms with E-state index < -0.39 is 0 Å². The lowest BCUT2D eigenvalue weighted by atomic mass is 9.86. The van der Waals surface area contributed by atoms with Crippen molar-refractivity contribution in [1.29, 1.82) is 0 Å². The largest absolute Gasteiger partial charge is 0.489 e. The van der Waals surface area contributed by atoms with Crippen LogP contribution in [0.15, 0.2) is 72.8 Å². The summed E-state index contributed by atoms with van der Waals surface area (Å²) in [6.45, 7) is 4.56. The van der Waals surface area contributed by atoms with Crippen LogP contribution in [0.3, 0.4) is 0 Å². The second-order valence-corrected chi connectivity index (χ2v) is 9.88. The minimum absolute atomic E-state index is 0.0317. The maximum absolute atomic E-state index is 12.8. The monoisotopic (exact) mass is 480 g/mol. The first-order chi connectivity index (χ1) is 17.0. The van der Waals surface area contributed by atoms with Gasteiger partial charge < -0.3 is 10.1 Å². The van der Waals surface area contributed by atoms with Crippen LogP contribution in [0.1, 0.15) is 40.3 Å². The van der Waals surface area contributed by atoms with E-state index in [2.05, 4.69) is 42.6 Å². The summed E-state index contributed by atoms with van der Waals surface area (Å²) < 4.78 is 8.95. The van der Waals surface area contributed by atoms with Crippen LogP contribution in [0.4, 0.5) is 5.82 Å². The van der Waals surface area contributed by atoms with Gasteiger partial charge in [-0.15, -0.1) is 0 Å². The summed E-state index contributed by atoms with van der Waals surface area (Å²) in [6, 6.07) is 24.4. The Balaban J connectivity index is 1.34. The Hall–Kier alpha value is -3.97. The van der Waals surface area contributed by atoms with Gasteiger partial charge in [-0.2, -0.15) is 9.78 Å².